The van der Waals surface area contributed by atoms with Crippen molar-refractivity contribution in [1.29, 1.82) is 0 Å². The lowest BCUT2D eigenvalue weighted by Crippen LogP contribution is -2.03. The van der Waals surface area contributed by atoms with E-state index in [1.165, 1.54) is 5.56 Å². The minimum absolute atomic E-state index is 0.471. The zero-order valence-electron chi connectivity index (χ0n) is 14.1. The van der Waals surface area contributed by atoms with E-state index in [-0.39, 0.29) is 0 Å². The molecule has 0 aliphatic heterocycles. The fourth-order valence-corrected chi connectivity index (χ4v) is 2.64. The smallest absolute Gasteiger partial charge is 0.256 e. The van der Waals surface area contributed by atoms with Crippen LogP contribution in [0.3, 0.4) is 0 Å². The molecule has 2 aromatic heterocycles. The molecule has 24 heavy (non-hydrogen) atoms. The molecule has 5 nitrogen and oxygen atoms in total. The average molecular weight is 324 g/mol. The Labute approximate surface area is 141 Å². The predicted molar refractivity (Wildman–Crippen MR) is 91.4 cm³/mol. The lowest BCUT2D eigenvalue weighted by atomic mass is 10.1. The number of methoxy groups -OCH3 is 1. The normalized spacial score (nSPS) is 10.6. The van der Waals surface area contributed by atoms with Crippen molar-refractivity contribution in [3.8, 4) is 22.8 Å². The SMILES string of the molecule is COc1ncc(-c2c(C)noc2C)cc1OCCc1ccccc1. The van der Waals surface area contributed by atoms with E-state index in [0.717, 1.165) is 29.0 Å². The van der Waals surface area contributed by atoms with Crippen LogP contribution in [0.4, 0.5) is 0 Å². The van der Waals surface area contributed by atoms with Crippen LogP contribution in [0, 0.1) is 13.8 Å². The lowest BCUT2D eigenvalue weighted by Gasteiger charge is -2.11. The van der Waals surface area contributed by atoms with Gasteiger partial charge in [-0.2, -0.15) is 0 Å². The molecule has 0 radical (unpaired) electrons. The Bertz CT molecular complexity index is 793. The van der Waals surface area contributed by atoms with Crippen LogP contribution in [0.15, 0.2) is 47.1 Å². The molecule has 0 amide bonds. The molecule has 5 heteroatoms. The molecule has 0 bridgehead atoms. The molecule has 0 aliphatic rings. The van der Waals surface area contributed by atoms with Gasteiger partial charge < -0.3 is 14.0 Å². The largest absolute Gasteiger partial charge is 0.488 e. The van der Waals surface area contributed by atoms with Gasteiger partial charge >= 0.3 is 0 Å². The Balaban J connectivity index is 1.80. The minimum atomic E-state index is 0.471. The molecule has 0 atom stereocenters. The maximum Gasteiger partial charge on any atom is 0.256 e. The molecule has 0 unspecified atom stereocenters. The number of aromatic nitrogens is 2. The van der Waals surface area contributed by atoms with Crippen molar-refractivity contribution in [2.75, 3.05) is 13.7 Å². The number of aryl methyl sites for hydroxylation is 2. The number of benzene rings is 1. The summed E-state index contributed by atoms with van der Waals surface area (Å²) in [6.07, 6.45) is 2.56. The fraction of sp³-hybridized carbons (Fsp3) is 0.263. The second-order valence-corrected chi connectivity index (χ2v) is 5.51. The van der Waals surface area contributed by atoms with Crippen LogP contribution in [0.1, 0.15) is 17.0 Å². The van der Waals surface area contributed by atoms with Crippen molar-refractivity contribution >= 4 is 0 Å². The summed E-state index contributed by atoms with van der Waals surface area (Å²) < 4.78 is 16.5. The summed E-state index contributed by atoms with van der Waals surface area (Å²) >= 11 is 0. The number of ether oxygens (including phenoxy) is 2. The number of hydrogen-bond donors (Lipinski definition) is 0. The van der Waals surface area contributed by atoms with E-state index >= 15 is 0 Å². The first-order chi connectivity index (χ1) is 11.7. The number of rotatable bonds is 6. The zero-order chi connectivity index (χ0) is 16.9. The molecule has 2 heterocycles. The molecule has 0 aliphatic carbocycles. The molecule has 0 N–H and O–H groups in total. The Morgan fingerprint density at radius 3 is 2.58 bits per heavy atom. The van der Waals surface area contributed by atoms with Gasteiger partial charge in [-0.05, 0) is 25.5 Å². The highest BCUT2D eigenvalue weighted by Gasteiger charge is 2.15. The summed E-state index contributed by atoms with van der Waals surface area (Å²) in [5, 5.41) is 3.99. The monoisotopic (exact) mass is 324 g/mol. The van der Waals surface area contributed by atoms with Crippen molar-refractivity contribution in [3.63, 3.8) is 0 Å². The molecule has 0 saturated heterocycles. The van der Waals surface area contributed by atoms with E-state index in [1.807, 2.05) is 38.1 Å². The van der Waals surface area contributed by atoms with Crippen molar-refractivity contribution in [2.45, 2.75) is 20.3 Å². The van der Waals surface area contributed by atoms with Crippen molar-refractivity contribution in [2.24, 2.45) is 0 Å². The molecular formula is C19H20N2O3. The molecular weight excluding hydrogens is 304 g/mol. The molecule has 0 spiro atoms. The first kappa shape index (κ1) is 16.1. The van der Waals surface area contributed by atoms with E-state index in [9.17, 15) is 0 Å². The topological polar surface area (TPSA) is 57.4 Å². The van der Waals surface area contributed by atoms with Crippen LogP contribution >= 0.6 is 0 Å². The highest BCUT2D eigenvalue weighted by molar-refractivity contribution is 5.68. The van der Waals surface area contributed by atoms with Gasteiger partial charge in [0, 0.05) is 23.7 Å². The van der Waals surface area contributed by atoms with E-state index < -0.39 is 0 Å². The van der Waals surface area contributed by atoms with E-state index in [4.69, 9.17) is 14.0 Å². The van der Waals surface area contributed by atoms with Gasteiger partial charge in [0.05, 0.1) is 19.4 Å². The molecule has 0 saturated carbocycles. The van der Waals surface area contributed by atoms with Crippen LogP contribution in [0.5, 0.6) is 11.6 Å². The number of nitrogens with zero attached hydrogens (tertiary/aromatic N) is 2. The minimum Gasteiger partial charge on any atom is -0.488 e. The highest BCUT2D eigenvalue weighted by atomic mass is 16.5. The maximum atomic E-state index is 5.91. The first-order valence-corrected chi connectivity index (χ1v) is 7.83. The third-order valence-corrected chi connectivity index (χ3v) is 3.82. The molecule has 3 rings (SSSR count). The Kier molecular flexibility index (Phi) is 4.79. The summed E-state index contributed by atoms with van der Waals surface area (Å²) in [4.78, 5) is 4.34. The molecule has 0 fully saturated rings. The molecule has 3 aromatic rings. The van der Waals surface area contributed by atoms with E-state index in [0.29, 0.717) is 18.2 Å². The summed E-state index contributed by atoms with van der Waals surface area (Å²) in [5.74, 6) is 1.85. The van der Waals surface area contributed by atoms with Crippen molar-refractivity contribution in [1.82, 2.24) is 10.1 Å². The second-order valence-electron chi connectivity index (χ2n) is 5.51. The van der Waals surface area contributed by atoms with Gasteiger partial charge in [-0.1, -0.05) is 35.5 Å². The van der Waals surface area contributed by atoms with Crippen LogP contribution < -0.4 is 9.47 Å². The highest BCUT2D eigenvalue weighted by Crippen LogP contribution is 2.33. The molecule has 124 valence electrons. The third kappa shape index (κ3) is 3.40. The van der Waals surface area contributed by atoms with Gasteiger partial charge in [0.15, 0.2) is 5.75 Å². The van der Waals surface area contributed by atoms with Gasteiger partial charge in [-0.15, -0.1) is 0 Å². The Morgan fingerprint density at radius 2 is 1.92 bits per heavy atom. The zero-order valence-corrected chi connectivity index (χ0v) is 14.1. The standard InChI is InChI=1S/C19H20N2O3/c1-13-18(14(2)24-21-13)16-11-17(19(22-3)20-12-16)23-10-9-15-7-5-4-6-8-15/h4-8,11-12H,9-10H2,1-3H3. The fourth-order valence-electron chi connectivity index (χ4n) is 2.64. The van der Waals surface area contributed by atoms with Crippen LogP contribution in [0.2, 0.25) is 0 Å². The predicted octanol–water partition coefficient (Wildman–Crippen LogP) is 3.98. The quantitative estimate of drug-likeness (QED) is 0.686. The van der Waals surface area contributed by atoms with Gasteiger partial charge in [0.25, 0.3) is 5.88 Å². The van der Waals surface area contributed by atoms with Gasteiger partial charge in [0.1, 0.15) is 5.76 Å². The van der Waals surface area contributed by atoms with Crippen molar-refractivity contribution < 1.29 is 14.0 Å². The molecule has 1 aromatic carbocycles. The van der Waals surface area contributed by atoms with Crippen molar-refractivity contribution in [3.05, 3.63) is 59.6 Å². The first-order valence-electron chi connectivity index (χ1n) is 7.83. The summed E-state index contributed by atoms with van der Waals surface area (Å²) in [6, 6.07) is 12.1. The number of hydrogen-bond acceptors (Lipinski definition) is 5. The maximum absolute atomic E-state index is 5.91. The summed E-state index contributed by atoms with van der Waals surface area (Å²) in [6.45, 7) is 4.34. The lowest BCUT2D eigenvalue weighted by molar-refractivity contribution is 0.292. The summed E-state index contributed by atoms with van der Waals surface area (Å²) in [5.41, 5.74) is 3.90. The second kappa shape index (κ2) is 7.17. The third-order valence-electron chi connectivity index (χ3n) is 3.82. The van der Waals surface area contributed by atoms with Crippen LogP contribution in [0.25, 0.3) is 11.1 Å². The van der Waals surface area contributed by atoms with Gasteiger partial charge in [0.2, 0.25) is 0 Å². The summed E-state index contributed by atoms with van der Waals surface area (Å²) in [7, 11) is 1.59. The Hall–Kier alpha value is -2.82. The van der Waals surface area contributed by atoms with Gasteiger partial charge in [-0.25, -0.2) is 4.98 Å². The van der Waals surface area contributed by atoms with E-state index in [1.54, 1.807) is 13.3 Å². The van der Waals surface area contributed by atoms with Crippen LogP contribution in [-0.2, 0) is 6.42 Å². The number of pyridine rings is 1. The van der Waals surface area contributed by atoms with Gasteiger partial charge in [-0.3, -0.25) is 0 Å². The average Bonchev–Trinajstić information content (AvgIpc) is 2.94. The van der Waals surface area contributed by atoms with E-state index in [2.05, 4.69) is 22.3 Å². The Morgan fingerprint density at radius 1 is 1.12 bits per heavy atom. The van der Waals surface area contributed by atoms with Crippen LogP contribution in [-0.4, -0.2) is 23.9 Å².